The molecule has 2 aliphatic rings. The minimum atomic E-state index is -0.417. The first kappa shape index (κ1) is 18.0. The van der Waals surface area contributed by atoms with Gasteiger partial charge in [-0.1, -0.05) is 30.3 Å². The van der Waals surface area contributed by atoms with Crippen molar-refractivity contribution in [3.8, 4) is 5.75 Å². The van der Waals surface area contributed by atoms with Crippen molar-refractivity contribution in [2.45, 2.75) is 12.8 Å². The molecule has 0 saturated carbocycles. The fourth-order valence-electron chi connectivity index (χ4n) is 3.79. The van der Waals surface area contributed by atoms with E-state index >= 15 is 0 Å². The van der Waals surface area contributed by atoms with Gasteiger partial charge in [0.15, 0.2) is 0 Å². The quantitative estimate of drug-likeness (QED) is 0.893. The van der Waals surface area contributed by atoms with Crippen LogP contribution in [-0.4, -0.2) is 29.8 Å². The second-order valence-electron chi connectivity index (χ2n) is 7.23. The van der Waals surface area contributed by atoms with E-state index in [0.717, 1.165) is 36.3 Å². The molecule has 0 radical (unpaired) electrons. The molecule has 1 unspecified atom stereocenters. The molecule has 1 fully saturated rings. The molecule has 0 bridgehead atoms. The van der Waals surface area contributed by atoms with E-state index in [4.69, 9.17) is 10.5 Å². The van der Waals surface area contributed by atoms with Crippen molar-refractivity contribution < 1.29 is 14.3 Å². The van der Waals surface area contributed by atoms with Gasteiger partial charge in [0.2, 0.25) is 5.91 Å². The molecular weight excluding hydrogens is 352 g/mol. The number of amides is 2. The first-order valence-corrected chi connectivity index (χ1v) is 9.42. The van der Waals surface area contributed by atoms with Gasteiger partial charge in [0.1, 0.15) is 5.75 Å². The van der Waals surface area contributed by atoms with Gasteiger partial charge in [-0.2, -0.15) is 0 Å². The van der Waals surface area contributed by atoms with Gasteiger partial charge in [-0.3, -0.25) is 9.59 Å². The number of ether oxygens (including phenoxy) is 1. The molecule has 2 aliphatic heterocycles. The number of primary amides is 1. The second kappa shape index (κ2) is 7.72. The molecular formula is C23H22N2O3. The number of hydrogen-bond donors (Lipinski definition) is 1. The Hall–Kier alpha value is -3.34. The average Bonchev–Trinajstić information content (AvgIpc) is 3.05. The number of para-hydroxylation sites is 1. The number of carbonyl (C=O) groups is 2. The van der Waals surface area contributed by atoms with Crippen molar-refractivity contribution in [1.82, 2.24) is 4.90 Å². The summed E-state index contributed by atoms with van der Waals surface area (Å²) in [5, 5.41) is 0. The number of benzene rings is 2. The molecule has 5 nitrogen and oxygen atoms in total. The molecule has 0 aliphatic carbocycles. The van der Waals surface area contributed by atoms with Crippen LogP contribution >= 0.6 is 0 Å². The summed E-state index contributed by atoms with van der Waals surface area (Å²) in [7, 11) is 0. The van der Waals surface area contributed by atoms with Gasteiger partial charge >= 0.3 is 0 Å². The number of likely N-dealkylation sites (tertiary alicyclic amines) is 1. The topological polar surface area (TPSA) is 72.6 Å². The SMILES string of the molecule is NC(=O)c1cccc(CC2CCN(C(=O)C3=Cc4ccccc4OC=C3)C2)c1. The van der Waals surface area contributed by atoms with Crippen LogP contribution in [0.3, 0.4) is 0 Å². The normalized spacial score (nSPS) is 18.1. The van der Waals surface area contributed by atoms with Crippen molar-refractivity contribution in [2.24, 2.45) is 11.7 Å². The number of rotatable bonds is 4. The molecule has 2 amide bonds. The van der Waals surface area contributed by atoms with Crippen molar-refractivity contribution in [3.63, 3.8) is 0 Å². The van der Waals surface area contributed by atoms with E-state index in [1.54, 1.807) is 18.4 Å². The van der Waals surface area contributed by atoms with E-state index in [-0.39, 0.29) is 5.91 Å². The molecule has 4 rings (SSSR count). The molecule has 28 heavy (non-hydrogen) atoms. The highest BCUT2D eigenvalue weighted by Crippen LogP contribution is 2.27. The molecule has 0 aromatic heterocycles. The summed E-state index contributed by atoms with van der Waals surface area (Å²) in [4.78, 5) is 26.3. The lowest BCUT2D eigenvalue weighted by Gasteiger charge is -2.17. The maximum absolute atomic E-state index is 13.0. The van der Waals surface area contributed by atoms with Crippen LogP contribution in [0.25, 0.3) is 6.08 Å². The predicted molar refractivity (Wildman–Crippen MR) is 108 cm³/mol. The van der Waals surface area contributed by atoms with Crippen molar-refractivity contribution in [2.75, 3.05) is 13.1 Å². The van der Waals surface area contributed by atoms with E-state index in [9.17, 15) is 9.59 Å². The maximum Gasteiger partial charge on any atom is 0.253 e. The third-order valence-electron chi connectivity index (χ3n) is 5.23. The summed E-state index contributed by atoms with van der Waals surface area (Å²) < 4.78 is 5.58. The van der Waals surface area contributed by atoms with Crippen molar-refractivity contribution in [3.05, 3.63) is 83.1 Å². The van der Waals surface area contributed by atoms with Crippen LogP contribution in [0.15, 0.2) is 66.4 Å². The van der Waals surface area contributed by atoms with Gasteiger partial charge in [-0.15, -0.1) is 0 Å². The summed E-state index contributed by atoms with van der Waals surface area (Å²) in [6.07, 6.45) is 6.94. The molecule has 1 saturated heterocycles. The fourth-order valence-corrected chi connectivity index (χ4v) is 3.79. The molecule has 2 aromatic carbocycles. The zero-order valence-corrected chi connectivity index (χ0v) is 15.5. The van der Waals surface area contributed by atoms with Gasteiger partial charge < -0.3 is 15.4 Å². The van der Waals surface area contributed by atoms with Crippen LogP contribution in [0.5, 0.6) is 5.75 Å². The van der Waals surface area contributed by atoms with Crippen LogP contribution in [0.4, 0.5) is 0 Å². The number of carbonyl (C=O) groups excluding carboxylic acids is 2. The van der Waals surface area contributed by atoms with Gasteiger partial charge in [-0.25, -0.2) is 0 Å². The number of nitrogens with zero attached hydrogens (tertiary/aromatic N) is 1. The van der Waals surface area contributed by atoms with Gasteiger partial charge in [0.25, 0.3) is 5.91 Å². The molecule has 2 heterocycles. The average molecular weight is 374 g/mol. The van der Waals surface area contributed by atoms with E-state index in [1.807, 2.05) is 53.4 Å². The summed E-state index contributed by atoms with van der Waals surface area (Å²) in [5.74, 6) is 0.714. The monoisotopic (exact) mass is 374 g/mol. The Morgan fingerprint density at radius 2 is 2.00 bits per heavy atom. The van der Waals surface area contributed by atoms with E-state index < -0.39 is 5.91 Å². The van der Waals surface area contributed by atoms with Gasteiger partial charge in [0.05, 0.1) is 6.26 Å². The zero-order valence-electron chi connectivity index (χ0n) is 15.5. The number of hydrogen-bond acceptors (Lipinski definition) is 3. The van der Waals surface area contributed by atoms with E-state index in [1.165, 1.54) is 0 Å². The molecule has 142 valence electrons. The first-order chi connectivity index (χ1) is 13.6. The highest BCUT2D eigenvalue weighted by Gasteiger charge is 2.28. The van der Waals surface area contributed by atoms with Crippen molar-refractivity contribution in [1.29, 1.82) is 0 Å². The maximum atomic E-state index is 13.0. The highest BCUT2D eigenvalue weighted by molar-refractivity contribution is 6.01. The van der Waals surface area contributed by atoms with E-state index in [0.29, 0.717) is 23.6 Å². The summed E-state index contributed by atoms with van der Waals surface area (Å²) in [6.45, 7) is 1.43. The van der Waals surface area contributed by atoms with Crippen molar-refractivity contribution >= 4 is 17.9 Å². The third-order valence-corrected chi connectivity index (χ3v) is 5.23. The molecule has 2 N–H and O–H groups in total. The smallest absolute Gasteiger partial charge is 0.253 e. The van der Waals surface area contributed by atoms with Gasteiger partial charge in [0, 0.05) is 29.8 Å². The number of fused-ring (bicyclic) bond motifs is 1. The molecule has 0 spiro atoms. The molecule has 2 aromatic rings. The van der Waals surface area contributed by atoms with E-state index in [2.05, 4.69) is 0 Å². The Kier molecular flexibility index (Phi) is 4.98. The summed E-state index contributed by atoms with van der Waals surface area (Å²) >= 11 is 0. The standard InChI is InChI=1S/C23H22N2O3/c24-22(26)19-6-3-4-16(13-19)12-17-8-10-25(15-17)23(27)20-9-11-28-21-7-2-1-5-18(21)14-20/h1-7,9,11,13-14,17H,8,10,12,15H2,(H2,24,26). The summed E-state index contributed by atoms with van der Waals surface area (Å²) in [5.41, 5.74) is 8.49. The van der Waals surface area contributed by atoms with Crippen LogP contribution in [0.2, 0.25) is 0 Å². The molecule has 1 atom stereocenters. The Bertz CT molecular complexity index is 977. The Balaban J connectivity index is 1.44. The Labute approximate surface area is 164 Å². The minimum absolute atomic E-state index is 0.0185. The third kappa shape index (κ3) is 3.83. The van der Waals surface area contributed by atoms with Gasteiger partial charge in [-0.05, 0) is 54.7 Å². The summed E-state index contributed by atoms with van der Waals surface area (Å²) in [6, 6.07) is 15.1. The lowest BCUT2D eigenvalue weighted by molar-refractivity contribution is -0.125. The minimum Gasteiger partial charge on any atom is -0.464 e. The lowest BCUT2D eigenvalue weighted by Crippen LogP contribution is -2.29. The largest absolute Gasteiger partial charge is 0.464 e. The Morgan fingerprint density at radius 3 is 2.86 bits per heavy atom. The number of nitrogens with two attached hydrogens (primary N) is 1. The zero-order chi connectivity index (χ0) is 19.5. The Morgan fingerprint density at radius 1 is 1.14 bits per heavy atom. The highest BCUT2D eigenvalue weighted by atomic mass is 16.5. The predicted octanol–water partition coefficient (Wildman–Crippen LogP) is 3.17. The van der Waals surface area contributed by atoms with Crippen LogP contribution < -0.4 is 10.5 Å². The van der Waals surface area contributed by atoms with Crippen LogP contribution in [0.1, 0.15) is 27.9 Å². The fraction of sp³-hybridized carbons (Fsp3) is 0.217. The lowest BCUT2D eigenvalue weighted by atomic mass is 9.97. The van der Waals surface area contributed by atoms with Crippen LogP contribution in [-0.2, 0) is 11.2 Å². The van der Waals surface area contributed by atoms with Crippen LogP contribution in [0, 0.1) is 5.92 Å². The molecule has 5 heteroatoms. The second-order valence-corrected chi connectivity index (χ2v) is 7.23. The first-order valence-electron chi connectivity index (χ1n) is 9.42.